The molecule has 17 heavy (non-hydrogen) atoms. The molecule has 0 N–H and O–H groups in total. The summed E-state index contributed by atoms with van der Waals surface area (Å²) in [6, 6.07) is 0. The van der Waals surface area contributed by atoms with Crippen LogP contribution in [0.4, 0.5) is 4.79 Å². The van der Waals surface area contributed by atoms with Crippen molar-refractivity contribution in [2.75, 3.05) is 26.9 Å². The zero-order valence-electron chi connectivity index (χ0n) is 9.63. The smallest absolute Gasteiger partial charge is 0.466 e. The Balaban J connectivity index is 3.61. The van der Waals surface area contributed by atoms with Gasteiger partial charge in [-0.15, -0.1) is 0 Å². The second-order valence-electron chi connectivity index (χ2n) is 2.56. The number of hydrogen-bond donors (Lipinski definition) is 0. The minimum Gasteiger partial charge on any atom is -0.466 e. The van der Waals surface area contributed by atoms with Crippen LogP contribution in [0.2, 0.25) is 0 Å². The van der Waals surface area contributed by atoms with Crippen molar-refractivity contribution in [1.82, 2.24) is 0 Å². The average molecular weight is 246 g/mol. The van der Waals surface area contributed by atoms with Crippen molar-refractivity contribution in [1.29, 1.82) is 0 Å². The monoisotopic (exact) mass is 246 g/mol. The molecule has 7 nitrogen and oxygen atoms in total. The van der Waals surface area contributed by atoms with E-state index < -0.39 is 18.1 Å². The molecule has 0 rings (SSSR count). The highest BCUT2D eigenvalue weighted by Gasteiger charge is 2.03. The molecule has 0 saturated heterocycles. The highest BCUT2D eigenvalue weighted by molar-refractivity contribution is 5.91. The van der Waals surface area contributed by atoms with Gasteiger partial charge in [0.2, 0.25) is 0 Å². The van der Waals surface area contributed by atoms with Crippen LogP contribution in [-0.4, -0.2) is 45.0 Å². The van der Waals surface area contributed by atoms with E-state index in [1.807, 2.05) is 0 Å². The lowest BCUT2D eigenvalue weighted by molar-refractivity contribution is -0.140. The molecule has 0 unspecified atom stereocenters. The molecule has 0 aliphatic rings. The molecule has 0 heterocycles. The summed E-state index contributed by atoms with van der Waals surface area (Å²) < 4.78 is 17.9. The molecule has 0 aliphatic heterocycles. The quantitative estimate of drug-likeness (QED) is 0.290. The summed E-state index contributed by atoms with van der Waals surface area (Å²) in [5.74, 6) is -1.40. The molecular weight excluding hydrogens is 232 g/mol. The Morgan fingerprint density at radius 1 is 0.941 bits per heavy atom. The predicted molar refractivity (Wildman–Crippen MR) is 55.1 cm³/mol. The van der Waals surface area contributed by atoms with E-state index >= 15 is 0 Å². The predicted octanol–water partition coefficient (Wildman–Crippen LogP) is 0.432. The van der Waals surface area contributed by atoms with Gasteiger partial charge in [0.15, 0.2) is 0 Å². The topological polar surface area (TPSA) is 88.1 Å². The number of rotatable bonds is 6. The Morgan fingerprint density at radius 2 is 1.53 bits per heavy atom. The van der Waals surface area contributed by atoms with E-state index in [0.717, 1.165) is 12.2 Å². The van der Waals surface area contributed by atoms with Crippen molar-refractivity contribution in [3.05, 3.63) is 12.2 Å². The third-order valence-electron chi connectivity index (χ3n) is 1.37. The van der Waals surface area contributed by atoms with Crippen LogP contribution in [0, 0.1) is 0 Å². The number of carbonyl (C=O) groups excluding carboxylic acids is 3. The third-order valence-corrected chi connectivity index (χ3v) is 1.37. The van der Waals surface area contributed by atoms with Crippen LogP contribution in [0.3, 0.4) is 0 Å². The van der Waals surface area contributed by atoms with Gasteiger partial charge in [-0.2, -0.15) is 0 Å². The maximum Gasteiger partial charge on any atom is 0.508 e. The van der Waals surface area contributed by atoms with Gasteiger partial charge in [0.1, 0.15) is 13.2 Å². The van der Waals surface area contributed by atoms with Gasteiger partial charge in [-0.3, -0.25) is 0 Å². The van der Waals surface area contributed by atoms with E-state index in [1.54, 1.807) is 6.92 Å². The standard InChI is InChI=1S/C10H14O7/c1-3-15-10(13)17-7-6-16-9(12)5-4-8(11)14-2/h4-5H,3,6-7H2,1-2H3. The van der Waals surface area contributed by atoms with Crippen molar-refractivity contribution >= 4 is 18.1 Å². The van der Waals surface area contributed by atoms with Gasteiger partial charge in [0, 0.05) is 12.2 Å². The molecule has 0 aromatic heterocycles. The molecule has 0 atom stereocenters. The molecular formula is C10H14O7. The van der Waals surface area contributed by atoms with E-state index in [2.05, 4.69) is 18.9 Å². The van der Waals surface area contributed by atoms with Crippen LogP contribution in [0.25, 0.3) is 0 Å². The molecule has 7 heteroatoms. The molecule has 0 fully saturated rings. The zero-order valence-corrected chi connectivity index (χ0v) is 9.63. The Hall–Kier alpha value is -2.05. The van der Waals surface area contributed by atoms with Gasteiger partial charge in [0.05, 0.1) is 13.7 Å². The Labute approximate surface area is 98.3 Å². The molecule has 0 bridgehead atoms. The molecule has 96 valence electrons. The summed E-state index contributed by atoms with van der Waals surface area (Å²) in [6.07, 6.45) is 1.01. The Kier molecular flexibility index (Phi) is 8.09. The summed E-state index contributed by atoms with van der Waals surface area (Å²) >= 11 is 0. The summed E-state index contributed by atoms with van der Waals surface area (Å²) in [7, 11) is 1.19. The lowest BCUT2D eigenvalue weighted by atomic mass is 10.5. The lowest BCUT2D eigenvalue weighted by Gasteiger charge is -2.04. The van der Waals surface area contributed by atoms with Crippen LogP contribution in [-0.2, 0) is 28.5 Å². The lowest BCUT2D eigenvalue weighted by Crippen LogP contribution is -2.13. The largest absolute Gasteiger partial charge is 0.508 e. The summed E-state index contributed by atoms with van der Waals surface area (Å²) in [5, 5.41) is 0. The highest BCUT2D eigenvalue weighted by Crippen LogP contribution is 1.88. The van der Waals surface area contributed by atoms with Crippen LogP contribution in [0.1, 0.15) is 6.92 Å². The maximum absolute atomic E-state index is 10.9. The second kappa shape index (κ2) is 9.20. The molecule has 0 spiro atoms. The van der Waals surface area contributed by atoms with Crippen LogP contribution >= 0.6 is 0 Å². The van der Waals surface area contributed by atoms with Gasteiger partial charge in [-0.25, -0.2) is 14.4 Å². The minimum absolute atomic E-state index is 0.114. The fourth-order valence-corrected chi connectivity index (χ4v) is 0.679. The fraction of sp³-hybridized carbons (Fsp3) is 0.500. The van der Waals surface area contributed by atoms with Gasteiger partial charge >= 0.3 is 18.1 Å². The van der Waals surface area contributed by atoms with Crippen molar-refractivity contribution in [3.8, 4) is 0 Å². The molecule has 0 aromatic carbocycles. The van der Waals surface area contributed by atoms with Crippen molar-refractivity contribution in [3.63, 3.8) is 0 Å². The molecule has 0 aromatic rings. The van der Waals surface area contributed by atoms with E-state index in [0.29, 0.717) is 0 Å². The van der Waals surface area contributed by atoms with E-state index in [4.69, 9.17) is 0 Å². The fourth-order valence-electron chi connectivity index (χ4n) is 0.679. The first-order valence-electron chi connectivity index (χ1n) is 4.82. The minimum atomic E-state index is -0.825. The number of esters is 2. The van der Waals surface area contributed by atoms with E-state index in [9.17, 15) is 14.4 Å². The van der Waals surface area contributed by atoms with Gasteiger partial charge in [-0.1, -0.05) is 0 Å². The van der Waals surface area contributed by atoms with Crippen LogP contribution < -0.4 is 0 Å². The number of hydrogen-bond acceptors (Lipinski definition) is 7. The first-order chi connectivity index (χ1) is 8.10. The maximum atomic E-state index is 10.9. The van der Waals surface area contributed by atoms with E-state index in [1.165, 1.54) is 7.11 Å². The zero-order chi connectivity index (χ0) is 13.1. The normalized spacial score (nSPS) is 9.76. The molecule has 0 saturated carbocycles. The van der Waals surface area contributed by atoms with Crippen molar-refractivity contribution in [2.24, 2.45) is 0 Å². The first kappa shape index (κ1) is 14.9. The van der Waals surface area contributed by atoms with Gasteiger partial charge < -0.3 is 18.9 Å². The van der Waals surface area contributed by atoms with E-state index in [-0.39, 0.29) is 19.8 Å². The third kappa shape index (κ3) is 8.91. The second-order valence-corrected chi connectivity index (χ2v) is 2.56. The van der Waals surface area contributed by atoms with Crippen LogP contribution in [0.15, 0.2) is 12.2 Å². The summed E-state index contributed by atoms with van der Waals surface area (Å²) in [5.41, 5.74) is 0. The summed E-state index contributed by atoms with van der Waals surface area (Å²) in [4.78, 5) is 32.2. The van der Waals surface area contributed by atoms with Crippen molar-refractivity contribution < 1.29 is 33.3 Å². The molecule has 0 aliphatic carbocycles. The number of methoxy groups -OCH3 is 1. The number of ether oxygens (including phenoxy) is 4. The number of carbonyl (C=O) groups is 3. The Bertz CT molecular complexity index is 295. The van der Waals surface area contributed by atoms with Gasteiger partial charge in [-0.05, 0) is 6.92 Å². The van der Waals surface area contributed by atoms with Crippen molar-refractivity contribution in [2.45, 2.75) is 6.92 Å². The molecule has 0 amide bonds. The molecule has 0 radical (unpaired) electrons. The summed E-state index contributed by atoms with van der Waals surface area (Å²) in [6.45, 7) is 1.61. The average Bonchev–Trinajstić information content (AvgIpc) is 2.32. The SMILES string of the molecule is CCOC(=O)OCCOC(=O)C=CC(=O)OC. The first-order valence-corrected chi connectivity index (χ1v) is 4.82. The Morgan fingerprint density at radius 3 is 2.12 bits per heavy atom. The van der Waals surface area contributed by atoms with Crippen LogP contribution in [0.5, 0.6) is 0 Å². The van der Waals surface area contributed by atoms with Gasteiger partial charge in [0.25, 0.3) is 0 Å². The highest BCUT2D eigenvalue weighted by atomic mass is 16.7.